The fourth-order valence-corrected chi connectivity index (χ4v) is 3.61. The third-order valence-electron chi connectivity index (χ3n) is 5.52. The average molecular weight is 524 g/mol. The number of ether oxygens (including phenoxy) is 2. The number of carbonyl (C=O) groups excluding carboxylic acids is 3. The van der Waals surface area contributed by atoms with Crippen molar-refractivity contribution in [3.8, 4) is 11.8 Å². The molecule has 196 valence electrons. The van der Waals surface area contributed by atoms with Crippen LogP contribution in [0.1, 0.15) is 27.0 Å². The number of nitrogens with one attached hydrogen (secondary N) is 1. The Morgan fingerprint density at radius 1 is 1.11 bits per heavy atom. The van der Waals surface area contributed by atoms with Gasteiger partial charge in [-0.1, -0.05) is 30.0 Å². The molecule has 0 radical (unpaired) electrons. The Balaban J connectivity index is 2.09. The molecule has 1 heterocycles. The monoisotopic (exact) mass is 524 g/mol. The Kier molecular flexibility index (Phi) is 7.47. The van der Waals surface area contributed by atoms with Gasteiger partial charge >= 0.3 is 18.2 Å². The van der Waals surface area contributed by atoms with E-state index in [0.29, 0.717) is 23.3 Å². The largest absolute Gasteiger partial charge is 0.466 e. The van der Waals surface area contributed by atoms with Crippen molar-refractivity contribution in [2.75, 3.05) is 20.8 Å². The Bertz CT molecular complexity index is 1300. The highest BCUT2D eigenvalue weighted by atomic mass is 19.4. The van der Waals surface area contributed by atoms with E-state index < -0.39 is 53.4 Å². The molecule has 2 aromatic carbocycles. The molecule has 0 saturated carbocycles. The number of rotatable bonds is 5. The van der Waals surface area contributed by atoms with Crippen molar-refractivity contribution in [3.05, 3.63) is 70.5 Å². The number of hydrogen-bond acceptors (Lipinski definition) is 7. The Morgan fingerprint density at radius 2 is 1.78 bits per heavy atom. The molecule has 37 heavy (non-hydrogen) atoms. The van der Waals surface area contributed by atoms with Gasteiger partial charge in [-0.15, -0.1) is 0 Å². The van der Waals surface area contributed by atoms with Crippen LogP contribution >= 0.6 is 0 Å². The zero-order chi connectivity index (χ0) is 27.6. The number of benzene rings is 2. The number of esters is 1. The highest BCUT2D eigenvalue weighted by Crippen LogP contribution is 2.38. The lowest BCUT2D eigenvalue weighted by Gasteiger charge is -2.30. The quantitative estimate of drug-likeness (QED) is 0.236. The number of aliphatic hydroxyl groups is 2. The minimum Gasteiger partial charge on any atom is -0.466 e. The molecule has 2 amide bonds. The summed E-state index contributed by atoms with van der Waals surface area (Å²) in [4.78, 5) is 39.1. The SMILES string of the molecule is COC(=O)N[C@](C#Cc1ccc(F)c(C(O)(O)C(F)(F)F)c1)(CN1Cc2ccccc2C1=O)C(=O)OC. The average Bonchev–Trinajstić information content (AvgIpc) is 3.16. The second kappa shape index (κ2) is 10.1. The molecule has 2 aromatic rings. The van der Waals surface area contributed by atoms with Crippen LogP contribution in [0.2, 0.25) is 0 Å². The van der Waals surface area contributed by atoms with Gasteiger partial charge in [0.2, 0.25) is 5.54 Å². The number of alkyl halides is 3. The van der Waals surface area contributed by atoms with Crippen LogP contribution in [0.4, 0.5) is 22.4 Å². The lowest BCUT2D eigenvalue weighted by Crippen LogP contribution is -2.60. The zero-order valence-corrected chi connectivity index (χ0v) is 19.4. The van der Waals surface area contributed by atoms with E-state index >= 15 is 0 Å². The molecule has 13 heteroatoms. The van der Waals surface area contributed by atoms with Gasteiger partial charge in [-0.05, 0) is 29.8 Å². The van der Waals surface area contributed by atoms with Gasteiger partial charge in [0.05, 0.1) is 26.3 Å². The van der Waals surface area contributed by atoms with Gasteiger partial charge in [0.25, 0.3) is 11.7 Å². The first-order chi connectivity index (χ1) is 17.3. The molecular weight excluding hydrogens is 504 g/mol. The molecule has 0 fully saturated rings. The van der Waals surface area contributed by atoms with E-state index in [1.54, 1.807) is 24.3 Å². The molecule has 0 spiro atoms. The maximum atomic E-state index is 14.1. The second-order valence-corrected chi connectivity index (χ2v) is 7.95. The topological polar surface area (TPSA) is 125 Å². The summed E-state index contributed by atoms with van der Waals surface area (Å²) < 4.78 is 62.5. The van der Waals surface area contributed by atoms with Crippen molar-refractivity contribution < 1.29 is 51.6 Å². The molecule has 0 saturated heterocycles. The highest BCUT2D eigenvalue weighted by Gasteiger charge is 2.55. The van der Waals surface area contributed by atoms with Crippen LogP contribution in [0.15, 0.2) is 42.5 Å². The minimum absolute atomic E-state index is 0.0438. The van der Waals surface area contributed by atoms with Crippen LogP contribution in [0.5, 0.6) is 0 Å². The van der Waals surface area contributed by atoms with Crippen molar-refractivity contribution >= 4 is 18.0 Å². The summed E-state index contributed by atoms with van der Waals surface area (Å²) in [6, 6.07) is 8.43. The van der Waals surface area contributed by atoms with Crippen LogP contribution in [0, 0.1) is 17.7 Å². The summed E-state index contributed by atoms with van der Waals surface area (Å²) in [5.41, 5.74) is -3.22. The molecule has 0 aromatic heterocycles. The minimum atomic E-state index is -5.65. The molecule has 0 aliphatic carbocycles. The van der Waals surface area contributed by atoms with Crippen molar-refractivity contribution in [2.45, 2.75) is 24.0 Å². The van der Waals surface area contributed by atoms with E-state index in [2.05, 4.69) is 21.9 Å². The number of methoxy groups -OCH3 is 2. The van der Waals surface area contributed by atoms with Gasteiger partial charge in [0.1, 0.15) is 5.82 Å². The van der Waals surface area contributed by atoms with Crippen LogP contribution < -0.4 is 5.32 Å². The van der Waals surface area contributed by atoms with E-state index in [4.69, 9.17) is 4.74 Å². The molecule has 0 unspecified atom stereocenters. The van der Waals surface area contributed by atoms with Crippen molar-refractivity contribution in [2.24, 2.45) is 0 Å². The van der Waals surface area contributed by atoms with Gasteiger partial charge in [-0.2, -0.15) is 13.2 Å². The lowest BCUT2D eigenvalue weighted by molar-refractivity contribution is -0.359. The van der Waals surface area contributed by atoms with Gasteiger partial charge in [0.15, 0.2) is 0 Å². The number of hydrogen-bond donors (Lipinski definition) is 3. The third kappa shape index (κ3) is 5.35. The van der Waals surface area contributed by atoms with Crippen LogP contribution in [0.25, 0.3) is 0 Å². The first kappa shape index (κ1) is 27.4. The molecule has 1 aliphatic rings. The Morgan fingerprint density at radius 3 is 2.38 bits per heavy atom. The number of halogens is 4. The lowest BCUT2D eigenvalue weighted by atomic mass is 9.97. The van der Waals surface area contributed by atoms with Crippen LogP contribution in [-0.2, 0) is 26.6 Å². The maximum absolute atomic E-state index is 14.1. The van der Waals surface area contributed by atoms with Crippen molar-refractivity contribution in [1.29, 1.82) is 0 Å². The van der Waals surface area contributed by atoms with Gasteiger partial charge in [-0.3, -0.25) is 10.1 Å². The first-order valence-electron chi connectivity index (χ1n) is 10.4. The van der Waals surface area contributed by atoms with Gasteiger partial charge < -0.3 is 24.6 Å². The number of alkyl carbamates (subject to hydrolysis) is 1. The molecule has 0 bridgehead atoms. The smallest absolute Gasteiger partial charge is 0.447 e. The fraction of sp³-hybridized carbons (Fsp3) is 0.292. The van der Waals surface area contributed by atoms with Crippen LogP contribution in [-0.4, -0.2) is 65.6 Å². The molecule has 3 rings (SSSR count). The summed E-state index contributed by atoms with van der Waals surface area (Å²) in [5.74, 6) is -3.06. The zero-order valence-electron chi connectivity index (χ0n) is 19.4. The summed E-state index contributed by atoms with van der Waals surface area (Å²) in [6.45, 7) is -0.516. The van der Waals surface area contributed by atoms with E-state index in [1.165, 1.54) is 4.90 Å². The number of amides is 2. The van der Waals surface area contributed by atoms with Crippen LogP contribution in [0.3, 0.4) is 0 Å². The van der Waals surface area contributed by atoms with E-state index in [1.807, 2.05) is 0 Å². The normalized spacial score (nSPS) is 14.7. The maximum Gasteiger partial charge on any atom is 0.447 e. The van der Waals surface area contributed by atoms with E-state index in [0.717, 1.165) is 20.3 Å². The Labute approximate surface area is 207 Å². The summed E-state index contributed by atoms with van der Waals surface area (Å²) in [5, 5.41) is 21.2. The summed E-state index contributed by atoms with van der Waals surface area (Å²) >= 11 is 0. The van der Waals surface area contributed by atoms with Gasteiger partial charge in [0, 0.05) is 17.7 Å². The molecule has 1 aliphatic heterocycles. The molecular formula is C24H20F4N2O7. The molecule has 1 atom stereocenters. The standard InChI is InChI=1S/C24H20F4N2O7/c1-36-20(32)22(29-21(33)37-2,13-30-12-15-5-3-4-6-16(15)19(30)31)10-9-14-7-8-18(25)17(11-14)23(34,35)24(26,27)28/h3-8,11,34-35H,12-13H2,1-2H3,(H,29,33)/t22-/m1/s1. The van der Waals surface area contributed by atoms with Gasteiger partial charge in [-0.25, -0.2) is 14.0 Å². The van der Waals surface area contributed by atoms with Crippen molar-refractivity contribution in [3.63, 3.8) is 0 Å². The van der Waals surface area contributed by atoms with E-state index in [-0.39, 0.29) is 12.1 Å². The number of nitrogens with zero attached hydrogens (tertiary/aromatic N) is 1. The number of carbonyl (C=O) groups is 3. The predicted octanol–water partition coefficient (Wildman–Crippen LogP) is 1.80. The van der Waals surface area contributed by atoms with Crippen molar-refractivity contribution in [1.82, 2.24) is 10.2 Å². The number of fused-ring (bicyclic) bond motifs is 1. The highest BCUT2D eigenvalue weighted by molar-refractivity contribution is 5.99. The third-order valence-corrected chi connectivity index (χ3v) is 5.52. The molecule has 9 nitrogen and oxygen atoms in total. The second-order valence-electron chi connectivity index (χ2n) is 7.95. The predicted molar refractivity (Wildman–Crippen MR) is 117 cm³/mol. The Hall–Kier alpha value is -4.15. The summed E-state index contributed by atoms with van der Waals surface area (Å²) in [7, 11) is 1.97. The summed E-state index contributed by atoms with van der Waals surface area (Å²) in [6.07, 6.45) is -6.79. The first-order valence-corrected chi connectivity index (χ1v) is 10.4. The molecule has 3 N–H and O–H groups in total. The van der Waals surface area contributed by atoms with E-state index in [9.17, 15) is 42.2 Å². The fourth-order valence-electron chi connectivity index (χ4n) is 3.61.